The molecule has 0 saturated carbocycles. The van der Waals surface area contributed by atoms with Crippen molar-refractivity contribution in [1.82, 2.24) is 0 Å². The molecule has 0 heterocycles. The maximum absolute atomic E-state index is 12.7. The molecule has 0 amide bonds. The first-order valence-electron chi connectivity index (χ1n) is 24.7. The molecule has 0 aliphatic carbocycles. The standard InChI is InChI=1S/C50H96O6/c1-6-7-8-9-10-11-12-13-14-15-19-25-30-35-40-48(51)54-43-47(44-55-49(52)41-36-31-26-22-21-24-29-34-39-46(4)5)56-50(53)42-37-32-27-20-17-16-18-23-28-33-38-45(2)3/h45-47H,6-44H2,1-5H3/t47-/m0/s1. The van der Waals surface area contributed by atoms with Gasteiger partial charge in [-0.25, -0.2) is 0 Å². The average Bonchev–Trinajstić information content (AvgIpc) is 3.16. The molecule has 0 aromatic rings. The van der Waals surface area contributed by atoms with Crippen LogP contribution in [0.4, 0.5) is 0 Å². The Balaban J connectivity index is 4.32. The number of hydrogen-bond acceptors (Lipinski definition) is 6. The summed E-state index contributed by atoms with van der Waals surface area (Å²) in [5, 5.41) is 0. The Hall–Kier alpha value is -1.59. The fraction of sp³-hybridized carbons (Fsp3) is 0.940. The van der Waals surface area contributed by atoms with Crippen LogP contribution in [-0.2, 0) is 28.6 Å². The third kappa shape index (κ3) is 43.5. The molecule has 0 bridgehead atoms. The van der Waals surface area contributed by atoms with Crippen LogP contribution < -0.4 is 0 Å². The molecule has 0 aliphatic heterocycles. The summed E-state index contributed by atoms with van der Waals surface area (Å²) in [7, 11) is 0. The van der Waals surface area contributed by atoms with Crippen molar-refractivity contribution in [1.29, 1.82) is 0 Å². The van der Waals surface area contributed by atoms with Gasteiger partial charge in [-0.2, -0.15) is 0 Å². The second-order valence-corrected chi connectivity index (χ2v) is 18.1. The lowest BCUT2D eigenvalue weighted by Gasteiger charge is -2.18. The first-order valence-corrected chi connectivity index (χ1v) is 24.7. The zero-order chi connectivity index (χ0) is 41.2. The topological polar surface area (TPSA) is 78.9 Å². The Morgan fingerprint density at radius 3 is 0.875 bits per heavy atom. The number of unbranched alkanes of at least 4 members (excludes halogenated alkanes) is 29. The Morgan fingerprint density at radius 1 is 0.339 bits per heavy atom. The monoisotopic (exact) mass is 793 g/mol. The highest BCUT2D eigenvalue weighted by atomic mass is 16.6. The third-order valence-electron chi connectivity index (χ3n) is 11.2. The van der Waals surface area contributed by atoms with E-state index in [1.165, 1.54) is 161 Å². The van der Waals surface area contributed by atoms with Crippen molar-refractivity contribution in [3.05, 3.63) is 0 Å². The van der Waals surface area contributed by atoms with Gasteiger partial charge in [0.15, 0.2) is 6.10 Å². The maximum atomic E-state index is 12.7. The predicted octanol–water partition coefficient (Wildman–Crippen LogP) is 15.8. The fourth-order valence-electron chi connectivity index (χ4n) is 7.46. The molecule has 0 N–H and O–H groups in total. The van der Waals surface area contributed by atoms with Crippen LogP contribution in [0, 0.1) is 11.8 Å². The highest BCUT2D eigenvalue weighted by molar-refractivity contribution is 5.71. The second kappa shape index (κ2) is 43.0. The summed E-state index contributed by atoms with van der Waals surface area (Å²) in [6.07, 6.45) is 42.3. The smallest absolute Gasteiger partial charge is 0.306 e. The molecule has 56 heavy (non-hydrogen) atoms. The highest BCUT2D eigenvalue weighted by Crippen LogP contribution is 2.17. The molecule has 0 rings (SSSR count). The van der Waals surface area contributed by atoms with Crippen molar-refractivity contribution < 1.29 is 28.6 Å². The minimum absolute atomic E-state index is 0.0644. The van der Waals surface area contributed by atoms with Crippen molar-refractivity contribution in [2.24, 2.45) is 11.8 Å². The van der Waals surface area contributed by atoms with Crippen LogP contribution in [0.5, 0.6) is 0 Å². The second-order valence-electron chi connectivity index (χ2n) is 18.1. The van der Waals surface area contributed by atoms with Gasteiger partial charge in [0, 0.05) is 19.3 Å². The number of rotatable bonds is 44. The van der Waals surface area contributed by atoms with E-state index < -0.39 is 6.10 Å². The van der Waals surface area contributed by atoms with Gasteiger partial charge in [-0.05, 0) is 31.1 Å². The summed E-state index contributed by atoms with van der Waals surface area (Å²) in [5.74, 6) is 0.759. The molecule has 0 fully saturated rings. The van der Waals surface area contributed by atoms with E-state index in [0.29, 0.717) is 19.3 Å². The largest absolute Gasteiger partial charge is 0.462 e. The number of ether oxygens (including phenoxy) is 3. The van der Waals surface area contributed by atoms with E-state index in [-0.39, 0.29) is 31.1 Å². The molecule has 6 nitrogen and oxygen atoms in total. The van der Waals surface area contributed by atoms with Crippen LogP contribution in [0.15, 0.2) is 0 Å². The van der Waals surface area contributed by atoms with E-state index in [2.05, 4.69) is 34.6 Å². The van der Waals surface area contributed by atoms with Crippen LogP contribution in [-0.4, -0.2) is 37.2 Å². The predicted molar refractivity (Wildman–Crippen MR) is 238 cm³/mol. The average molecular weight is 793 g/mol. The molecule has 0 aromatic heterocycles. The first kappa shape index (κ1) is 54.4. The quantitative estimate of drug-likeness (QED) is 0.0347. The Morgan fingerprint density at radius 2 is 0.589 bits per heavy atom. The van der Waals surface area contributed by atoms with Gasteiger partial charge in [-0.15, -0.1) is 0 Å². The van der Waals surface area contributed by atoms with E-state index >= 15 is 0 Å². The summed E-state index contributed by atoms with van der Waals surface area (Å²) in [4.78, 5) is 37.8. The Labute approximate surface area is 348 Å². The van der Waals surface area contributed by atoms with Gasteiger partial charge in [0.2, 0.25) is 0 Å². The third-order valence-corrected chi connectivity index (χ3v) is 11.2. The molecular weight excluding hydrogens is 697 g/mol. The summed E-state index contributed by atoms with van der Waals surface area (Å²) >= 11 is 0. The van der Waals surface area contributed by atoms with Crippen molar-refractivity contribution in [3.63, 3.8) is 0 Å². The molecule has 0 aliphatic rings. The lowest BCUT2D eigenvalue weighted by Crippen LogP contribution is -2.30. The van der Waals surface area contributed by atoms with Crippen molar-refractivity contribution in [2.75, 3.05) is 13.2 Å². The molecular formula is C50H96O6. The number of hydrogen-bond donors (Lipinski definition) is 0. The Bertz CT molecular complexity index is 854. The Kier molecular flexibility index (Phi) is 41.8. The molecule has 0 unspecified atom stereocenters. The lowest BCUT2D eigenvalue weighted by atomic mass is 10.0. The summed E-state index contributed by atoms with van der Waals surface area (Å²) in [6, 6.07) is 0. The molecule has 332 valence electrons. The van der Waals surface area contributed by atoms with Gasteiger partial charge in [0.25, 0.3) is 0 Å². The summed E-state index contributed by atoms with van der Waals surface area (Å²) in [6.45, 7) is 11.3. The molecule has 1 atom stereocenters. The molecule has 6 heteroatoms. The van der Waals surface area contributed by atoms with Gasteiger partial charge in [-0.3, -0.25) is 14.4 Å². The summed E-state index contributed by atoms with van der Waals surface area (Å²) < 4.78 is 16.8. The van der Waals surface area contributed by atoms with E-state index in [1.54, 1.807) is 0 Å². The number of esters is 3. The van der Waals surface area contributed by atoms with Crippen LogP contribution in [0.25, 0.3) is 0 Å². The lowest BCUT2D eigenvalue weighted by molar-refractivity contribution is -0.167. The van der Waals surface area contributed by atoms with E-state index in [4.69, 9.17) is 14.2 Å². The fourth-order valence-corrected chi connectivity index (χ4v) is 7.46. The van der Waals surface area contributed by atoms with Crippen molar-refractivity contribution in [2.45, 2.75) is 278 Å². The SMILES string of the molecule is CCCCCCCCCCCCCCCCC(=O)OC[C@@H](COC(=O)CCCCCCCCCCC(C)C)OC(=O)CCCCCCCCCCCCC(C)C. The number of carbonyl (C=O) groups is 3. The normalized spacial score (nSPS) is 12.1. The van der Waals surface area contributed by atoms with E-state index in [0.717, 1.165) is 69.6 Å². The van der Waals surface area contributed by atoms with Crippen molar-refractivity contribution in [3.8, 4) is 0 Å². The van der Waals surface area contributed by atoms with Crippen LogP contribution in [0.3, 0.4) is 0 Å². The van der Waals surface area contributed by atoms with Crippen LogP contribution >= 0.6 is 0 Å². The van der Waals surface area contributed by atoms with Gasteiger partial charge in [0.1, 0.15) is 13.2 Å². The minimum atomic E-state index is -0.761. The zero-order valence-electron chi connectivity index (χ0n) is 38.3. The van der Waals surface area contributed by atoms with Crippen LogP contribution in [0.2, 0.25) is 0 Å². The molecule has 0 radical (unpaired) electrons. The first-order chi connectivity index (χ1) is 27.2. The molecule has 0 spiro atoms. The molecule has 0 saturated heterocycles. The zero-order valence-corrected chi connectivity index (χ0v) is 38.3. The summed E-state index contributed by atoms with van der Waals surface area (Å²) in [5.41, 5.74) is 0. The van der Waals surface area contributed by atoms with Gasteiger partial charge in [0.05, 0.1) is 0 Å². The van der Waals surface area contributed by atoms with Crippen LogP contribution in [0.1, 0.15) is 272 Å². The van der Waals surface area contributed by atoms with Gasteiger partial charge >= 0.3 is 17.9 Å². The highest BCUT2D eigenvalue weighted by Gasteiger charge is 2.19. The van der Waals surface area contributed by atoms with E-state index in [1.807, 2.05) is 0 Å². The van der Waals surface area contributed by atoms with Crippen molar-refractivity contribution >= 4 is 17.9 Å². The maximum Gasteiger partial charge on any atom is 0.306 e. The minimum Gasteiger partial charge on any atom is -0.462 e. The van der Waals surface area contributed by atoms with Gasteiger partial charge < -0.3 is 14.2 Å². The molecule has 0 aromatic carbocycles. The number of carbonyl (C=O) groups excluding carboxylic acids is 3. The van der Waals surface area contributed by atoms with E-state index in [9.17, 15) is 14.4 Å². The van der Waals surface area contributed by atoms with Gasteiger partial charge in [-0.1, -0.05) is 234 Å².